The van der Waals surface area contributed by atoms with Crippen LogP contribution >= 0.6 is 12.2 Å². The predicted molar refractivity (Wildman–Crippen MR) is 83.0 cm³/mol. The van der Waals surface area contributed by atoms with Crippen molar-refractivity contribution in [1.82, 2.24) is 10.2 Å². The fourth-order valence-corrected chi connectivity index (χ4v) is 1.95. The molecule has 2 aromatic rings. The van der Waals surface area contributed by atoms with Crippen LogP contribution in [-0.4, -0.2) is 15.2 Å². The smallest absolute Gasteiger partial charge is 0.249 e. The second-order valence-electron chi connectivity index (χ2n) is 4.46. The Morgan fingerprint density at radius 2 is 2.00 bits per heavy atom. The molecule has 0 saturated carbocycles. The standard InChI is InChI=1S/C15H17N3OS/c1-2-3-4-11-5-7-12(8-6-11)19-15-13(14(16)20)9-10-17-18-15/h5-10H,2-4H2,1H3,(H2,16,20). The first kappa shape index (κ1) is 14.4. The van der Waals surface area contributed by atoms with Gasteiger partial charge in [-0.2, -0.15) is 5.10 Å². The Labute approximate surface area is 124 Å². The van der Waals surface area contributed by atoms with E-state index in [1.807, 2.05) is 12.1 Å². The maximum absolute atomic E-state index is 5.69. The Balaban J connectivity index is 2.12. The number of rotatable bonds is 6. The third-order valence-corrected chi connectivity index (χ3v) is 3.13. The average Bonchev–Trinajstić information content (AvgIpc) is 2.47. The molecule has 0 spiro atoms. The van der Waals surface area contributed by atoms with Crippen LogP contribution in [0.25, 0.3) is 0 Å². The molecule has 1 heterocycles. The largest absolute Gasteiger partial charge is 0.437 e. The highest BCUT2D eigenvalue weighted by Crippen LogP contribution is 2.23. The fraction of sp³-hybridized carbons (Fsp3) is 0.267. The molecule has 0 aliphatic carbocycles. The van der Waals surface area contributed by atoms with Crippen molar-refractivity contribution in [1.29, 1.82) is 0 Å². The van der Waals surface area contributed by atoms with Gasteiger partial charge < -0.3 is 10.5 Å². The number of nitrogens with zero attached hydrogens (tertiary/aromatic N) is 2. The van der Waals surface area contributed by atoms with Crippen molar-refractivity contribution in [3.05, 3.63) is 47.7 Å². The van der Waals surface area contributed by atoms with Crippen molar-refractivity contribution in [2.45, 2.75) is 26.2 Å². The number of benzene rings is 1. The molecule has 5 heteroatoms. The highest BCUT2D eigenvalue weighted by atomic mass is 32.1. The molecule has 1 aromatic heterocycles. The second kappa shape index (κ2) is 6.96. The molecule has 2 rings (SSSR count). The predicted octanol–water partition coefficient (Wildman–Crippen LogP) is 3.25. The van der Waals surface area contributed by atoms with Crippen molar-refractivity contribution in [2.24, 2.45) is 5.73 Å². The topological polar surface area (TPSA) is 61.0 Å². The minimum Gasteiger partial charge on any atom is -0.437 e. The van der Waals surface area contributed by atoms with Gasteiger partial charge in [0.2, 0.25) is 5.88 Å². The lowest BCUT2D eigenvalue weighted by Gasteiger charge is -2.08. The quantitative estimate of drug-likeness (QED) is 0.826. The van der Waals surface area contributed by atoms with Gasteiger partial charge in [-0.3, -0.25) is 0 Å². The van der Waals surface area contributed by atoms with Crippen LogP contribution in [0.1, 0.15) is 30.9 Å². The Bertz CT molecular complexity index is 584. The first-order valence-electron chi connectivity index (χ1n) is 6.59. The van der Waals surface area contributed by atoms with Gasteiger partial charge in [-0.05, 0) is 36.6 Å². The van der Waals surface area contributed by atoms with E-state index in [2.05, 4.69) is 29.3 Å². The van der Waals surface area contributed by atoms with Crippen molar-refractivity contribution < 1.29 is 4.74 Å². The van der Waals surface area contributed by atoms with E-state index in [1.165, 1.54) is 24.6 Å². The summed E-state index contributed by atoms with van der Waals surface area (Å²) in [6.45, 7) is 2.18. The van der Waals surface area contributed by atoms with Crippen LogP contribution in [0.2, 0.25) is 0 Å². The molecule has 0 aliphatic heterocycles. The molecule has 1 aromatic carbocycles. The number of ether oxygens (including phenoxy) is 1. The van der Waals surface area contributed by atoms with Gasteiger partial charge in [0.15, 0.2) is 0 Å². The summed E-state index contributed by atoms with van der Waals surface area (Å²) in [6.07, 6.45) is 5.00. The number of aromatic nitrogens is 2. The van der Waals surface area contributed by atoms with E-state index in [-0.39, 0.29) is 4.99 Å². The normalized spacial score (nSPS) is 10.2. The zero-order valence-electron chi connectivity index (χ0n) is 11.4. The lowest BCUT2D eigenvalue weighted by Crippen LogP contribution is -2.12. The molecule has 0 bridgehead atoms. The monoisotopic (exact) mass is 287 g/mol. The Morgan fingerprint density at radius 3 is 2.65 bits per heavy atom. The maximum Gasteiger partial charge on any atom is 0.249 e. The molecular formula is C15H17N3OS. The molecule has 0 atom stereocenters. The Morgan fingerprint density at radius 1 is 1.25 bits per heavy atom. The van der Waals surface area contributed by atoms with E-state index < -0.39 is 0 Å². The third-order valence-electron chi connectivity index (χ3n) is 2.91. The number of unbranched alkanes of at least 4 members (excludes halogenated alkanes) is 1. The van der Waals surface area contributed by atoms with Crippen LogP contribution in [0.3, 0.4) is 0 Å². The minimum atomic E-state index is 0.245. The molecule has 4 nitrogen and oxygen atoms in total. The summed E-state index contributed by atoms with van der Waals surface area (Å²) >= 11 is 4.96. The van der Waals surface area contributed by atoms with Crippen LogP contribution in [0.4, 0.5) is 0 Å². The summed E-state index contributed by atoms with van der Waals surface area (Å²) in [5.41, 5.74) is 7.52. The number of aryl methyl sites for hydroxylation is 1. The van der Waals surface area contributed by atoms with Gasteiger partial charge in [-0.25, -0.2) is 0 Å². The van der Waals surface area contributed by atoms with Gasteiger partial charge in [0.05, 0.1) is 11.8 Å². The van der Waals surface area contributed by atoms with Gasteiger partial charge >= 0.3 is 0 Å². The summed E-state index contributed by atoms with van der Waals surface area (Å²) in [7, 11) is 0. The zero-order chi connectivity index (χ0) is 14.4. The molecule has 0 unspecified atom stereocenters. The van der Waals surface area contributed by atoms with Crippen LogP contribution in [0.5, 0.6) is 11.6 Å². The van der Waals surface area contributed by atoms with E-state index in [1.54, 1.807) is 6.07 Å². The molecule has 0 fully saturated rings. The molecule has 104 valence electrons. The van der Waals surface area contributed by atoms with Crippen molar-refractivity contribution in [2.75, 3.05) is 0 Å². The molecule has 0 radical (unpaired) electrons. The fourth-order valence-electron chi connectivity index (χ4n) is 1.80. The van der Waals surface area contributed by atoms with Crippen LogP contribution in [-0.2, 0) is 6.42 Å². The lowest BCUT2D eigenvalue weighted by molar-refractivity contribution is 0.454. The van der Waals surface area contributed by atoms with Crippen LogP contribution < -0.4 is 10.5 Å². The van der Waals surface area contributed by atoms with Gasteiger partial charge in [0, 0.05) is 0 Å². The summed E-state index contributed by atoms with van der Waals surface area (Å²) in [6, 6.07) is 9.65. The van der Waals surface area contributed by atoms with Gasteiger partial charge in [0.25, 0.3) is 0 Å². The van der Waals surface area contributed by atoms with E-state index in [0.717, 1.165) is 6.42 Å². The number of nitrogens with two attached hydrogens (primary N) is 1. The average molecular weight is 287 g/mol. The van der Waals surface area contributed by atoms with Crippen LogP contribution in [0, 0.1) is 0 Å². The highest BCUT2D eigenvalue weighted by molar-refractivity contribution is 7.80. The molecule has 0 aliphatic rings. The molecule has 20 heavy (non-hydrogen) atoms. The molecular weight excluding hydrogens is 270 g/mol. The zero-order valence-corrected chi connectivity index (χ0v) is 12.2. The maximum atomic E-state index is 5.69. The SMILES string of the molecule is CCCCc1ccc(Oc2nnccc2C(N)=S)cc1. The first-order valence-corrected chi connectivity index (χ1v) is 7.00. The van der Waals surface area contributed by atoms with Gasteiger partial charge in [-0.15, -0.1) is 5.10 Å². The first-order chi connectivity index (χ1) is 9.70. The third kappa shape index (κ3) is 3.74. The number of thiocarbonyl (C=S) groups is 1. The highest BCUT2D eigenvalue weighted by Gasteiger charge is 2.09. The van der Waals surface area contributed by atoms with Crippen molar-refractivity contribution >= 4 is 17.2 Å². The Kier molecular flexibility index (Phi) is 5.01. The van der Waals surface area contributed by atoms with E-state index in [0.29, 0.717) is 17.2 Å². The molecule has 0 amide bonds. The Hall–Kier alpha value is -2.01. The number of hydrogen-bond acceptors (Lipinski definition) is 4. The summed E-state index contributed by atoms with van der Waals surface area (Å²) < 4.78 is 5.69. The summed E-state index contributed by atoms with van der Waals surface area (Å²) in [4.78, 5) is 0.245. The van der Waals surface area contributed by atoms with E-state index >= 15 is 0 Å². The van der Waals surface area contributed by atoms with Gasteiger partial charge in [-0.1, -0.05) is 37.7 Å². The van der Waals surface area contributed by atoms with E-state index in [9.17, 15) is 0 Å². The second-order valence-corrected chi connectivity index (χ2v) is 4.90. The summed E-state index contributed by atoms with van der Waals surface area (Å²) in [5, 5.41) is 7.72. The lowest BCUT2D eigenvalue weighted by atomic mass is 10.1. The van der Waals surface area contributed by atoms with Crippen molar-refractivity contribution in [3.8, 4) is 11.6 Å². The minimum absolute atomic E-state index is 0.245. The summed E-state index contributed by atoms with van der Waals surface area (Å²) in [5.74, 6) is 1.03. The molecule has 0 saturated heterocycles. The van der Waals surface area contributed by atoms with Crippen molar-refractivity contribution in [3.63, 3.8) is 0 Å². The van der Waals surface area contributed by atoms with E-state index in [4.69, 9.17) is 22.7 Å². The van der Waals surface area contributed by atoms with Crippen LogP contribution in [0.15, 0.2) is 36.5 Å². The number of hydrogen-bond donors (Lipinski definition) is 1. The van der Waals surface area contributed by atoms with Gasteiger partial charge in [0.1, 0.15) is 10.7 Å². The molecule has 2 N–H and O–H groups in total.